The molecule has 0 heterocycles. The van der Waals surface area contributed by atoms with E-state index in [4.69, 9.17) is 14.2 Å². The van der Waals surface area contributed by atoms with Crippen LogP contribution in [0, 0.1) is 0 Å². The van der Waals surface area contributed by atoms with E-state index in [9.17, 15) is 14.4 Å². The highest BCUT2D eigenvalue weighted by Gasteiger charge is 2.19. The Balaban J connectivity index is 4.37. The Morgan fingerprint density at radius 2 is 0.554 bits per heavy atom. The minimum Gasteiger partial charge on any atom is -0.462 e. The van der Waals surface area contributed by atoms with Gasteiger partial charge in [-0.25, -0.2) is 0 Å². The molecule has 0 N–H and O–H groups in total. The van der Waals surface area contributed by atoms with Gasteiger partial charge in [0.05, 0.1) is 0 Å². The lowest BCUT2D eigenvalue weighted by Gasteiger charge is -2.18. The molecule has 0 saturated carbocycles. The van der Waals surface area contributed by atoms with Crippen LogP contribution in [0.1, 0.15) is 303 Å². The Hall–Kier alpha value is -2.37. The monoisotopic (exact) mass is 913 g/mol. The highest BCUT2D eigenvalue weighted by molar-refractivity contribution is 5.71. The van der Waals surface area contributed by atoms with Crippen molar-refractivity contribution in [3.8, 4) is 0 Å². The van der Waals surface area contributed by atoms with Gasteiger partial charge in [0.2, 0.25) is 0 Å². The van der Waals surface area contributed by atoms with Crippen LogP contribution in [0.2, 0.25) is 0 Å². The maximum atomic E-state index is 12.8. The topological polar surface area (TPSA) is 78.9 Å². The van der Waals surface area contributed by atoms with E-state index in [1.807, 2.05) is 0 Å². The fourth-order valence-corrected chi connectivity index (χ4v) is 8.33. The Morgan fingerprint density at radius 1 is 0.308 bits per heavy atom. The summed E-state index contributed by atoms with van der Waals surface area (Å²) in [6, 6.07) is 0. The van der Waals surface area contributed by atoms with Gasteiger partial charge >= 0.3 is 17.9 Å². The second-order valence-electron chi connectivity index (χ2n) is 19.2. The number of rotatable bonds is 52. The predicted molar refractivity (Wildman–Crippen MR) is 279 cm³/mol. The van der Waals surface area contributed by atoms with Gasteiger partial charge in [-0.15, -0.1) is 0 Å². The average molecular weight is 914 g/mol. The number of unbranched alkanes of at least 4 members (excludes halogenated alkanes) is 35. The Bertz CT molecular complexity index is 1090. The Morgan fingerprint density at radius 3 is 0.892 bits per heavy atom. The first-order valence-corrected chi connectivity index (χ1v) is 28.5. The van der Waals surface area contributed by atoms with E-state index in [-0.39, 0.29) is 31.1 Å². The standard InChI is InChI=1S/C59H108O6/c1-4-7-10-13-16-19-22-25-27-29-31-34-37-40-43-46-49-52-58(61)64-55-56(54-63-57(60)51-48-45-42-39-36-33-24-21-18-15-12-9-6-3)65-59(62)53-50-47-44-41-38-35-32-30-28-26-23-20-17-14-11-8-5-2/h16,19,25,27,31,34,56H,4-15,17-18,20-24,26,28-30,32-33,35-55H2,1-3H3/b19-16-,27-25-,34-31-/t56-/m0/s1. The highest BCUT2D eigenvalue weighted by Crippen LogP contribution is 2.17. The summed E-state index contributed by atoms with van der Waals surface area (Å²) in [6.07, 6.45) is 64.1. The summed E-state index contributed by atoms with van der Waals surface area (Å²) in [5.74, 6) is -0.879. The molecule has 6 nitrogen and oxygen atoms in total. The van der Waals surface area contributed by atoms with Crippen molar-refractivity contribution in [1.29, 1.82) is 0 Å². The SMILES string of the molecule is CCCCC/C=C\C/C=C\C/C=C\CCCCCCC(=O)OC[C@H](COC(=O)CCCCCCCCCCCCCCC)OC(=O)CCCCCCCCCCCCCCCCCCC. The molecule has 0 aromatic rings. The third-order valence-corrected chi connectivity index (χ3v) is 12.6. The van der Waals surface area contributed by atoms with E-state index in [2.05, 4.69) is 57.2 Å². The van der Waals surface area contributed by atoms with Crippen LogP contribution in [-0.2, 0) is 28.6 Å². The molecule has 65 heavy (non-hydrogen) atoms. The van der Waals surface area contributed by atoms with Crippen LogP contribution < -0.4 is 0 Å². The van der Waals surface area contributed by atoms with E-state index in [0.717, 1.165) is 83.5 Å². The van der Waals surface area contributed by atoms with Crippen molar-refractivity contribution in [3.63, 3.8) is 0 Å². The van der Waals surface area contributed by atoms with Gasteiger partial charge in [-0.3, -0.25) is 14.4 Å². The summed E-state index contributed by atoms with van der Waals surface area (Å²) in [6.45, 7) is 6.63. The molecule has 0 unspecified atom stereocenters. The second kappa shape index (κ2) is 54.2. The molecule has 0 aliphatic carbocycles. The van der Waals surface area contributed by atoms with Gasteiger partial charge in [0, 0.05) is 19.3 Å². The van der Waals surface area contributed by atoms with Gasteiger partial charge in [0.15, 0.2) is 6.10 Å². The van der Waals surface area contributed by atoms with Crippen LogP contribution in [0.5, 0.6) is 0 Å². The molecule has 380 valence electrons. The molecule has 0 aromatic carbocycles. The summed E-state index contributed by atoms with van der Waals surface area (Å²) in [7, 11) is 0. The average Bonchev–Trinajstić information content (AvgIpc) is 3.30. The van der Waals surface area contributed by atoms with Crippen molar-refractivity contribution in [3.05, 3.63) is 36.5 Å². The van der Waals surface area contributed by atoms with Gasteiger partial charge in [-0.1, -0.05) is 263 Å². The van der Waals surface area contributed by atoms with Gasteiger partial charge in [-0.2, -0.15) is 0 Å². The van der Waals surface area contributed by atoms with E-state index in [1.54, 1.807) is 0 Å². The maximum Gasteiger partial charge on any atom is 0.306 e. The van der Waals surface area contributed by atoms with Crippen molar-refractivity contribution < 1.29 is 28.6 Å². The molecule has 0 aromatic heterocycles. The number of allylic oxidation sites excluding steroid dienone is 6. The van der Waals surface area contributed by atoms with Crippen LogP contribution in [-0.4, -0.2) is 37.2 Å². The molecule has 0 radical (unpaired) electrons. The molecular weight excluding hydrogens is 805 g/mol. The number of carbonyl (C=O) groups excluding carboxylic acids is 3. The van der Waals surface area contributed by atoms with Crippen LogP contribution in [0.4, 0.5) is 0 Å². The molecule has 0 fully saturated rings. The maximum absolute atomic E-state index is 12.8. The third-order valence-electron chi connectivity index (χ3n) is 12.6. The van der Waals surface area contributed by atoms with Gasteiger partial charge in [0.25, 0.3) is 0 Å². The van der Waals surface area contributed by atoms with Crippen molar-refractivity contribution in [1.82, 2.24) is 0 Å². The first-order valence-electron chi connectivity index (χ1n) is 28.5. The summed E-state index contributed by atoms with van der Waals surface area (Å²) in [5.41, 5.74) is 0. The molecule has 0 aliphatic rings. The van der Waals surface area contributed by atoms with E-state index in [0.29, 0.717) is 19.3 Å². The lowest BCUT2D eigenvalue weighted by molar-refractivity contribution is -0.167. The summed E-state index contributed by atoms with van der Waals surface area (Å²) in [5, 5.41) is 0. The molecular formula is C59H108O6. The van der Waals surface area contributed by atoms with Crippen molar-refractivity contribution in [2.75, 3.05) is 13.2 Å². The normalized spacial score (nSPS) is 12.2. The Labute approximate surface area is 404 Å². The second-order valence-corrected chi connectivity index (χ2v) is 19.2. The molecule has 0 spiro atoms. The number of carbonyl (C=O) groups is 3. The fourth-order valence-electron chi connectivity index (χ4n) is 8.33. The number of esters is 3. The van der Waals surface area contributed by atoms with Crippen LogP contribution in [0.25, 0.3) is 0 Å². The molecule has 6 heteroatoms. The molecule has 0 amide bonds. The van der Waals surface area contributed by atoms with Crippen LogP contribution >= 0.6 is 0 Å². The minimum absolute atomic E-state index is 0.0746. The van der Waals surface area contributed by atoms with E-state index >= 15 is 0 Å². The zero-order chi connectivity index (χ0) is 47.2. The van der Waals surface area contributed by atoms with Crippen molar-refractivity contribution in [2.45, 2.75) is 309 Å². The number of ether oxygens (including phenoxy) is 3. The lowest BCUT2D eigenvalue weighted by Crippen LogP contribution is -2.30. The summed E-state index contributed by atoms with van der Waals surface area (Å²) < 4.78 is 16.9. The number of hydrogen-bond acceptors (Lipinski definition) is 6. The largest absolute Gasteiger partial charge is 0.462 e. The molecule has 1 atom stereocenters. The van der Waals surface area contributed by atoms with Crippen molar-refractivity contribution in [2.24, 2.45) is 0 Å². The van der Waals surface area contributed by atoms with Gasteiger partial charge in [0.1, 0.15) is 13.2 Å². The molecule has 0 saturated heterocycles. The lowest BCUT2D eigenvalue weighted by atomic mass is 10.0. The Kier molecular flexibility index (Phi) is 52.3. The smallest absolute Gasteiger partial charge is 0.306 e. The zero-order valence-electron chi connectivity index (χ0n) is 43.5. The molecule has 0 aliphatic heterocycles. The summed E-state index contributed by atoms with van der Waals surface area (Å²) in [4.78, 5) is 38.1. The molecule has 0 bridgehead atoms. The highest BCUT2D eigenvalue weighted by atomic mass is 16.6. The van der Waals surface area contributed by atoms with Crippen molar-refractivity contribution >= 4 is 17.9 Å². The van der Waals surface area contributed by atoms with Crippen LogP contribution in [0.3, 0.4) is 0 Å². The quantitative estimate of drug-likeness (QED) is 0.0262. The molecule has 0 rings (SSSR count). The zero-order valence-corrected chi connectivity index (χ0v) is 43.5. The van der Waals surface area contributed by atoms with Gasteiger partial charge < -0.3 is 14.2 Å². The summed E-state index contributed by atoms with van der Waals surface area (Å²) >= 11 is 0. The van der Waals surface area contributed by atoms with Crippen LogP contribution in [0.15, 0.2) is 36.5 Å². The van der Waals surface area contributed by atoms with E-state index in [1.165, 1.54) is 180 Å². The first-order chi connectivity index (χ1) is 32.0. The predicted octanol–water partition coefficient (Wildman–Crippen LogP) is 18.9. The first kappa shape index (κ1) is 62.6. The number of hydrogen-bond donors (Lipinski definition) is 0. The van der Waals surface area contributed by atoms with Gasteiger partial charge in [-0.05, 0) is 57.8 Å². The minimum atomic E-state index is -0.776. The fraction of sp³-hybridized carbons (Fsp3) is 0.847. The third kappa shape index (κ3) is 52.5. The van der Waals surface area contributed by atoms with E-state index < -0.39 is 6.10 Å².